The Hall–Kier alpha value is -2.34. The zero-order valence-electron chi connectivity index (χ0n) is 13.4. The van der Waals surface area contributed by atoms with Crippen molar-refractivity contribution in [3.63, 3.8) is 0 Å². The van der Waals surface area contributed by atoms with Gasteiger partial charge in [-0.15, -0.1) is 0 Å². The summed E-state index contributed by atoms with van der Waals surface area (Å²) in [4.78, 5) is 11.2. The van der Waals surface area contributed by atoms with Gasteiger partial charge in [-0.2, -0.15) is 10.1 Å². The molecule has 0 fully saturated rings. The van der Waals surface area contributed by atoms with Crippen LogP contribution in [0.2, 0.25) is 0 Å². The zero-order chi connectivity index (χ0) is 16.5. The summed E-state index contributed by atoms with van der Waals surface area (Å²) >= 11 is 0. The van der Waals surface area contributed by atoms with Gasteiger partial charge in [-0.05, 0) is 25.5 Å². The molecule has 0 bridgehead atoms. The van der Waals surface area contributed by atoms with Crippen LogP contribution in [0.15, 0.2) is 30.3 Å². The molecule has 0 aliphatic heterocycles. The fourth-order valence-corrected chi connectivity index (χ4v) is 2.03. The van der Waals surface area contributed by atoms with E-state index in [1.54, 1.807) is 10.7 Å². The standard InChI is InChI=1S/C16H22N4O2/c1-5-16(3,4)13-10-14(19(17)15(21)22)20(18-13)12-8-6-11(2)7-9-12/h6-10H,5,17H2,1-4H3,(H,21,22). The van der Waals surface area contributed by atoms with Crippen LogP contribution in [0.3, 0.4) is 0 Å². The number of carboxylic acid groups (broad SMARTS) is 1. The van der Waals surface area contributed by atoms with Crippen molar-refractivity contribution in [1.29, 1.82) is 0 Å². The lowest BCUT2D eigenvalue weighted by Crippen LogP contribution is -2.37. The van der Waals surface area contributed by atoms with Gasteiger partial charge in [0, 0.05) is 11.5 Å². The molecule has 0 saturated carbocycles. The van der Waals surface area contributed by atoms with Crippen LogP contribution in [0.1, 0.15) is 38.4 Å². The molecule has 22 heavy (non-hydrogen) atoms. The van der Waals surface area contributed by atoms with E-state index in [9.17, 15) is 9.90 Å². The molecular formula is C16H22N4O2. The average Bonchev–Trinajstić information content (AvgIpc) is 2.93. The summed E-state index contributed by atoms with van der Waals surface area (Å²) in [7, 11) is 0. The first-order chi connectivity index (χ1) is 10.3. The third-order valence-corrected chi connectivity index (χ3v) is 4.00. The molecule has 1 heterocycles. The summed E-state index contributed by atoms with van der Waals surface area (Å²) in [5, 5.41) is 14.5. The minimum Gasteiger partial charge on any atom is -0.464 e. The highest BCUT2D eigenvalue weighted by Gasteiger charge is 2.26. The van der Waals surface area contributed by atoms with Gasteiger partial charge >= 0.3 is 6.09 Å². The van der Waals surface area contributed by atoms with Crippen molar-refractivity contribution < 1.29 is 9.90 Å². The zero-order valence-corrected chi connectivity index (χ0v) is 13.4. The minimum absolute atomic E-state index is 0.163. The number of nitrogens with two attached hydrogens (primary N) is 1. The number of aryl methyl sites for hydroxylation is 1. The number of hydrazine groups is 1. The van der Waals surface area contributed by atoms with Crippen LogP contribution in [-0.4, -0.2) is 21.0 Å². The van der Waals surface area contributed by atoms with Gasteiger partial charge in [0.25, 0.3) is 0 Å². The van der Waals surface area contributed by atoms with Crippen LogP contribution in [0, 0.1) is 6.92 Å². The first-order valence-corrected chi connectivity index (χ1v) is 7.21. The SMILES string of the molecule is CCC(C)(C)c1cc(N(N)C(=O)O)n(-c2ccc(C)cc2)n1. The molecule has 0 aliphatic carbocycles. The van der Waals surface area contributed by atoms with Crippen LogP contribution >= 0.6 is 0 Å². The van der Waals surface area contributed by atoms with Crippen molar-refractivity contribution in [2.75, 3.05) is 5.01 Å². The van der Waals surface area contributed by atoms with Crippen molar-refractivity contribution in [1.82, 2.24) is 9.78 Å². The normalized spacial score (nSPS) is 11.5. The summed E-state index contributed by atoms with van der Waals surface area (Å²) in [6.45, 7) is 8.20. The van der Waals surface area contributed by atoms with Crippen LogP contribution < -0.4 is 10.9 Å². The fraction of sp³-hybridized carbons (Fsp3) is 0.375. The second-order valence-electron chi connectivity index (χ2n) is 6.03. The first kappa shape index (κ1) is 16.0. The van der Waals surface area contributed by atoms with E-state index < -0.39 is 6.09 Å². The molecule has 1 aromatic carbocycles. The van der Waals surface area contributed by atoms with Crippen LogP contribution in [0.5, 0.6) is 0 Å². The van der Waals surface area contributed by atoms with Gasteiger partial charge in [0.1, 0.15) is 0 Å². The third kappa shape index (κ3) is 2.96. The van der Waals surface area contributed by atoms with Gasteiger partial charge in [-0.25, -0.2) is 15.3 Å². The molecule has 6 heteroatoms. The maximum Gasteiger partial charge on any atom is 0.427 e. The number of amides is 1. The van der Waals surface area contributed by atoms with Gasteiger partial charge < -0.3 is 5.11 Å². The van der Waals surface area contributed by atoms with E-state index in [4.69, 9.17) is 5.84 Å². The van der Waals surface area contributed by atoms with Gasteiger partial charge in [-0.3, -0.25) is 0 Å². The quantitative estimate of drug-likeness (QED) is 0.516. The van der Waals surface area contributed by atoms with E-state index in [0.717, 1.165) is 23.4 Å². The number of hydrogen-bond acceptors (Lipinski definition) is 3. The Bertz CT molecular complexity index is 674. The Morgan fingerprint density at radius 1 is 1.36 bits per heavy atom. The van der Waals surface area contributed by atoms with E-state index in [1.807, 2.05) is 31.2 Å². The lowest BCUT2D eigenvalue weighted by molar-refractivity contribution is 0.201. The topological polar surface area (TPSA) is 84.4 Å². The van der Waals surface area contributed by atoms with Crippen LogP contribution in [0.4, 0.5) is 10.6 Å². The van der Waals surface area contributed by atoms with Gasteiger partial charge in [0.15, 0.2) is 5.82 Å². The molecule has 0 unspecified atom stereocenters. The highest BCUT2D eigenvalue weighted by atomic mass is 16.4. The van der Waals surface area contributed by atoms with Crippen molar-refractivity contribution in [2.24, 2.45) is 5.84 Å². The summed E-state index contributed by atoms with van der Waals surface area (Å²) in [5.74, 6) is 6.00. The number of hydrogen-bond donors (Lipinski definition) is 2. The molecule has 0 radical (unpaired) electrons. The van der Waals surface area contributed by atoms with E-state index in [2.05, 4.69) is 25.9 Å². The summed E-state index contributed by atoms with van der Waals surface area (Å²) in [6.07, 6.45) is -0.344. The Labute approximate surface area is 130 Å². The Morgan fingerprint density at radius 3 is 2.45 bits per heavy atom. The van der Waals surface area contributed by atoms with E-state index in [0.29, 0.717) is 10.8 Å². The number of benzene rings is 1. The van der Waals surface area contributed by atoms with E-state index >= 15 is 0 Å². The average molecular weight is 302 g/mol. The predicted molar refractivity (Wildman–Crippen MR) is 86.3 cm³/mol. The molecule has 0 spiro atoms. The lowest BCUT2D eigenvalue weighted by Gasteiger charge is -2.19. The summed E-state index contributed by atoms with van der Waals surface area (Å²) in [6, 6.07) is 9.42. The smallest absolute Gasteiger partial charge is 0.427 e. The molecule has 0 atom stereocenters. The molecule has 1 amide bonds. The molecule has 6 nitrogen and oxygen atoms in total. The van der Waals surface area contributed by atoms with Crippen LogP contribution in [0.25, 0.3) is 5.69 Å². The second-order valence-corrected chi connectivity index (χ2v) is 6.03. The molecular weight excluding hydrogens is 280 g/mol. The Kier molecular flexibility index (Phi) is 4.23. The molecule has 2 rings (SSSR count). The van der Waals surface area contributed by atoms with Crippen LogP contribution in [-0.2, 0) is 5.41 Å². The molecule has 3 N–H and O–H groups in total. The van der Waals surface area contributed by atoms with Gasteiger partial charge in [0.05, 0.1) is 11.4 Å². The molecule has 1 aromatic heterocycles. The molecule has 0 saturated heterocycles. The summed E-state index contributed by atoms with van der Waals surface area (Å²) < 4.78 is 1.57. The predicted octanol–water partition coefficient (Wildman–Crippen LogP) is 3.23. The first-order valence-electron chi connectivity index (χ1n) is 7.21. The van der Waals surface area contributed by atoms with E-state index in [-0.39, 0.29) is 5.41 Å². The Morgan fingerprint density at radius 2 is 1.95 bits per heavy atom. The Balaban J connectivity index is 2.60. The fourth-order valence-electron chi connectivity index (χ4n) is 2.03. The number of nitrogens with zero attached hydrogens (tertiary/aromatic N) is 3. The molecule has 118 valence electrons. The second kappa shape index (κ2) is 5.81. The monoisotopic (exact) mass is 302 g/mol. The van der Waals surface area contributed by atoms with E-state index in [1.165, 1.54) is 0 Å². The van der Waals surface area contributed by atoms with Crippen molar-refractivity contribution in [3.05, 3.63) is 41.6 Å². The van der Waals surface area contributed by atoms with Crippen molar-refractivity contribution >= 4 is 11.9 Å². The lowest BCUT2D eigenvalue weighted by atomic mass is 9.87. The van der Waals surface area contributed by atoms with Gasteiger partial charge in [-0.1, -0.05) is 38.5 Å². The number of rotatable bonds is 4. The number of aromatic nitrogens is 2. The third-order valence-electron chi connectivity index (χ3n) is 4.00. The number of anilines is 1. The summed E-state index contributed by atoms with van der Waals surface area (Å²) in [5.41, 5.74) is 2.54. The molecule has 0 aliphatic rings. The highest BCUT2D eigenvalue weighted by Crippen LogP contribution is 2.30. The van der Waals surface area contributed by atoms with Crippen molar-refractivity contribution in [3.8, 4) is 5.69 Å². The minimum atomic E-state index is -1.23. The largest absolute Gasteiger partial charge is 0.464 e. The van der Waals surface area contributed by atoms with Gasteiger partial charge in [0.2, 0.25) is 0 Å². The maximum atomic E-state index is 11.2. The number of carbonyl (C=O) groups is 1. The highest BCUT2D eigenvalue weighted by molar-refractivity contribution is 5.83. The maximum absolute atomic E-state index is 11.2. The molecule has 2 aromatic rings. The van der Waals surface area contributed by atoms with Crippen molar-refractivity contribution in [2.45, 2.75) is 39.5 Å².